The zero-order valence-corrected chi connectivity index (χ0v) is 24.2. The molecule has 2 fully saturated rings. The second-order valence-electron chi connectivity index (χ2n) is 11.1. The van der Waals surface area contributed by atoms with Gasteiger partial charge in [0.05, 0.1) is 11.3 Å². The molecule has 9 nitrogen and oxygen atoms in total. The number of nitrogens with one attached hydrogen (secondary N) is 3. The first kappa shape index (κ1) is 30.8. The molecular formula is C30H30F6N8O. The number of hydrogen-bond donors (Lipinski definition) is 3. The summed E-state index contributed by atoms with van der Waals surface area (Å²) in [5.41, 5.74) is -0.438. The molecule has 5 heterocycles. The molecule has 15 heteroatoms. The Labute approximate surface area is 253 Å². The molecule has 1 unspecified atom stereocenters. The van der Waals surface area contributed by atoms with Crippen LogP contribution in [-0.2, 0) is 12.7 Å². The van der Waals surface area contributed by atoms with Crippen LogP contribution in [0, 0.1) is 6.92 Å². The zero-order valence-electron chi connectivity index (χ0n) is 24.2. The molecule has 0 amide bonds. The highest BCUT2D eigenvalue weighted by molar-refractivity contribution is 5.82. The molecule has 2 aliphatic rings. The first-order chi connectivity index (χ1) is 21.4. The Morgan fingerprint density at radius 2 is 1.76 bits per heavy atom. The summed E-state index contributed by atoms with van der Waals surface area (Å²) in [5.74, 6) is -0.264. The number of anilines is 3. The molecule has 6 rings (SSSR count). The number of pyridine rings is 2. The van der Waals surface area contributed by atoms with Crippen molar-refractivity contribution in [1.29, 1.82) is 0 Å². The first-order valence-corrected chi connectivity index (χ1v) is 14.5. The normalized spacial score (nSPS) is 17.7. The molecule has 0 radical (unpaired) electrons. The smallest absolute Gasteiger partial charge is 0.368 e. The maximum atomic E-state index is 14.0. The number of hydrogen-bond acceptors (Lipinski definition) is 8. The van der Waals surface area contributed by atoms with E-state index >= 15 is 0 Å². The third-order valence-electron chi connectivity index (χ3n) is 8.00. The Kier molecular flexibility index (Phi) is 8.16. The van der Waals surface area contributed by atoms with Crippen molar-refractivity contribution in [1.82, 2.24) is 30.2 Å². The number of halogens is 6. The van der Waals surface area contributed by atoms with Gasteiger partial charge in [-0.15, -0.1) is 0 Å². The van der Waals surface area contributed by atoms with Crippen LogP contribution in [0.15, 0.2) is 47.4 Å². The van der Waals surface area contributed by atoms with Gasteiger partial charge in [-0.25, -0.2) is 4.98 Å². The van der Waals surface area contributed by atoms with E-state index in [0.717, 1.165) is 31.1 Å². The van der Waals surface area contributed by atoms with Crippen LogP contribution < -0.4 is 26.4 Å². The van der Waals surface area contributed by atoms with Crippen molar-refractivity contribution in [2.24, 2.45) is 0 Å². The van der Waals surface area contributed by atoms with Gasteiger partial charge in [0, 0.05) is 72.0 Å². The van der Waals surface area contributed by atoms with Crippen molar-refractivity contribution in [2.45, 2.75) is 44.7 Å². The highest BCUT2D eigenvalue weighted by Crippen LogP contribution is 2.39. The molecule has 1 aromatic carbocycles. The highest BCUT2D eigenvalue weighted by atomic mass is 19.4. The van der Waals surface area contributed by atoms with Crippen LogP contribution in [0.2, 0.25) is 0 Å². The van der Waals surface area contributed by atoms with E-state index in [1.165, 1.54) is 24.4 Å². The molecule has 2 saturated heterocycles. The van der Waals surface area contributed by atoms with Crippen molar-refractivity contribution >= 4 is 28.4 Å². The number of nitrogens with zero attached hydrogens (tertiary/aromatic N) is 5. The van der Waals surface area contributed by atoms with Gasteiger partial charge in [-0.3, -0.25) is 14.3 Å². The van der Waals surface area contributed by atoms with E-state index in [4.69, 9.17) is 0 Å². The summed E-state index contributed by atoms with van der Waals surface area (Å²) in [6.07, 6.45) is -6.28. The van der Waals surface area contributed by atoms with E-state index in [1.54, 1.807) is 24.0 Å². The summed E-state index contributed by atoms with van der Waals surface area (Å²) >= 11 is 0. The average Bonchev–Trinajstić information content (AvgIpc) is 3.54. The van der Waals surface area contributed by atoms with E-state index in [9.17, 15) is 31.1 Å². The Bertz CT molecular complexity index is 1780. The van der Waals surface area contributed by atoms with Gasteiger partial charge in [-0.2, -0.15) is 31.3 Å². The topological polar surface area (TPSA) is 100 Å². The average molecular weight is 633 g/mol. The van der Waals surface area contributed by atoms with E-state index < -0.39 is 30.0 Å². The molecule has 0 spiro atoms. The Morgan fingerprint density at radius 1 is 0.978 bits per heavy atom. The summed E-state index contributed by atoms with van der Waals surface area (Å²) in [6.45, 7) is 2.83. The molecule has 45 heavy (non-hydrogen) atoms. The van der Waals surface area contributed by atoms with Crippen LogP contribution in [0.25, 0.3) is 22.2 Å². The van der Waals surface area contributed by atoms with Crippen LogP contribution in [0.5, 0.6) is 0 Å². The molecule has 0 saturated carbocycles. The lowest BCUT2D eigenvalue weighted by Gasteiger charge is -2.31. The zero-order chi connectivity index (χ0) is 31.9. The van der Waals surface area contributed by atoms with Crippen LogP contribution in [0.1, 0.15) is 35.8 Å². The number of rotatable bonds is 6. The van der Waals surface area contributed by atoms with Crippen LogP contribution in [0.4, 0.5) is 43.7 Å². The van der Waals surface area contributed by atoms with E-state index in [2.05, 4.69) is 30.9 Å². The largest absolute Gasteiger partial charge is 0.418 e. The lowest BCUT2D eigenvalue weighted by atomic mass is 10.0. The number of aryl methyl sites for hydroxylation is 1. The summed E-state index contributed by atoms with van der Waals surface area (Å²) in [4.78, 5) is 28.1. The molecule has 3 aromatic heterocycles. The second-order valence-corrected chi connectivity index (χ2v) is 11.1. The maximum absolute atomic E-state index is 14.0. The summed E-state index contributed by atoms with van der Waals surface area (Å²) in [5, 5.41) is 9.26. The molecule has 0 bridgehead atoms. The van der Waals surface area contributed by atoms with E-state index in [1.807, 2.05) is 0 Å². The second kappa shape index (κ2) is 11.9. The Balaban J connectivity index is 1.38. The van der Waals surface area contributed by atoms with Crippen molar-refractivity contribution in [3.63, 3.8) is 0 Å². The summed E-state index contributed by atoms with van der Waals surface area (Å²) in [6, 6.07) is 8.60. The highest BCUT2D eigenvalue weighted by Gasteiger charge is 2.36. The lowest BCUT2D eigenvalue weighted by molar-refractivity contribution is -0.140. The number of alkyl halides is 6. The van der Waals surface area contributed by atoms with E-state index in [0.29, 0.717) is 42.0 Å². The van der Waals surface area contributed by atoms with Crippen molar-refractivity contribution in [3.8, 4) is 11.1 Å². The van der Waals surface area contributed by atoms with Crippen molar-refractivity contribution < 1.29 is 26.3 Å². The number of aromatic nitrogens is 4. The Morgan fingerprint density at radius 3 is 2.42 bits per heavy atom. The lowest BCUT2D eigenvalue weighted by Crippen LogP contribution is -2.44. The minimum absolute atomic E-state index is 0.00492. The van der Waals surface area contributed by atoms with Gasteiger partial charge >= 0.3 is 12.4 Å². The standard InChI is InChI=1S/C30H30F6N8O/c1-17-20(5-6-24(40-17)23-3-2-8-38-23)21-13-18-15-39-28(42-26(18)44(27(21)45)16-29(31,32)33)41-19-4-7-25(22(14-19)30(34,35)36)43-11-9-37-10-12-43/h4-7,13-15,23,37-38H,2-3,8-12,16H2,1H3,(H,39,41,42). The van der Waals surface area contributed by atoms with Gasteiger partial charge in [0.1, 0.15) is 12.2 Å². The van der Waals surface area contributed by atoms with Gasteiger partial charge in [-0.05, 0) is 56.6 Å². The van der Waals surface area contributed by atoms with Gasteiger partial charge in [0.15, 0.2) is 0 Å². The SMILES string of the molecule is Cc1nc(C2CCCN2)ccc1-c1cc2cnc(Nc3ccc(N4CCNCC4)c(C(F)(F)F)c3)nc2n(CC(F)(F)F)c1=O. The van der Waals surface area contributed by atoms with Gasteiger partial charge < -0.3 is 20.9 Å². The number of fused-ring (bicyclic) bond motifs is 1. The van der Waals surface area contributed by atoms with Gasteiger partial charge in [0.25, 0.3) is 5.56 Å². The van der Waals surface area contributed by atoms with Crippen molar-refractivity contribution in [3.05, 3.63) is 69.9 Å². The molecule has 1 atom stereocenters. The quantitative estimate of drug-likeness (QED) is 0.246. The minimum atomic E-state index is -4.76. The monoisotopic (exact) mass is 632 g/mol. The maximum Gasteiger partial charge on any atom is 0.418 e. The van der Waals surface area contributed by atoms with Gasteiger partial charge in [-0.1, -0.05) is 6.07 Å². The fourth-order valence-electron chi connectivity index (χ4n) is 5.89. The third-order valence-corrected chi connectivity index (χ3v) is 8.00. The van der Waals surface area contributed by atoms with Gasteiger partial charge in [0.2, 0.25) is 5.95 Å². The van der Waals surface area contributed by atoms with Crippen LogP contribution in [0.3, 0.4) is 0 Å². The molecule has 3 N–H and O–H groups in total. The van der Waals surface area contributed by atoms with Crippen LogP contribution in [-0.4, -0.2) is 58.4 Å². The predicted octanol–water partition coefficient (Wildman–Crippen LogP) is 5.32. The Hall–Kier alpha value is -4.24. The van der Waals surface area contributed by atoms with E-state index in [-0.39, 0.29) is 40.0 Å². The molecule has 238 valence electrons. The fraction of sp³-hybridized carbons (Fsp3) is 0.400. The minimum Gasteiger partial charge on any atom is -0.368 e. The molecule has 2 aliphatic heterocycles. The van der Waals surface area contributed by atoms with Crippen LogP contribution >= 0.6 is 0 Å². The number of piperazine rings is 1. The molecular weight excluding hydrogens is 602 g/mol. The number of benzene rings is 1. The fourth-order valence-corrected chi connectivity index (χ4v) is 5.89. The molecule has 4 aromatic rings. The van der Waals surface area contributed by atoms with Crippen molar-refractivity contribution in [2.75, 3.05) is 42.9 Å². The first-order valence-electron chi connectivity index (χ1n) is 14.5. The third kappa shape index (κ3) is 6.59. The summed E-state index contributed by atoms with van der Waals surface area (Å²) in [7, 11) is 0. The summed E-state index contributed by atoms with van der Waals surface area (Å²) < 4.78 is 83.8. The molecule has 0 aliphatic carbocycles. The predicted molar refractivity (Wildman–Crippen MR) is 158 cm³/mol.